The maximum Gasteiger partial charge on any atom is 0.254 e. The highest BCUT2D eigenvalue weighted by molar-refractivity contribution is 14.1. The molecule has 4 aliphatic rings. The van der Waals surface area contributed by atoms with Crippen molar-refractivity contribution >= 4 is 51.5 Å². The third-order valence-electron chi connectivity index (χ3n) is 7.13. The van der Waals surface area contributed by atoms with Crippen molar-refractivity contribution in [2.24, 2.45) is 28.8 Å². The number of hydrazone groups is 1. The molecule has 1 saturated heterocycles. The molecule has 2 bridgehead atoms. The second-order valence-corrected chi connectivity index (χ2v) is 10.2. The zero-order chi connectivity index (χ0) is 21.8. The molecule has 0 N–H and O–H groups in total. The molecule has 0 spiro atoms. The number of imide groups is 1. The number of nitrogens with zero attached hydrogens (tertiary/aromatic N) is 3. The lowest BCUT2D eigenvalue weighted by atomic mass is 9.63. The number of fused-ring (bicyclic) bond motifs is 2. The maximum atomic E-state index is 13.1. The second-order valence-electron chi connectivity index (χ2n) is 8.93. The molecule has 1 saturated carbocycles. The highest BCUT2D eigenvalue weighted by atomic mass is 127. The molecule has 5 nitrogen and oxygen atoms in total. The van der Waals surface area contributed by atoms with Crippen molar-refractivity contribution < 1.29 is 9.59 Å². The molecule has 32 heavy (non-hydrogen) atoms. The van der Waals surface area contributed by atoms with E-state index >= 15 is 0 Å². The van der Waals surface area contributed by atoms with Gasteiger partial charge in [0.25, 0.3) is 11.8 Å². The van der Waals surface area contributed by atoms with Gasteiger partial charge in [0, 0.05) is 32.8 Å². The summed E-state index contributed by atoms with van der Waals surface area (Å²) in [6.45, 7) is 0.742. The van der Waals surface area contributed by atoms with Gasteiger partial charge in [-0.15, -0.1) is 0 Å². The standard InChI is InChI=1S/C26H22IN3O2/c27-20-11-5-16(6-12-20)14-29-15-19(21-3-1-2-4-22(21)29)13-28-30-25(31)23-17-7-8-18(10-9-17)24(23)26(30)32/h1-8,11-13,15,17-18,23-24H,9-10,14H2/b28-13-/t17-,18-,23-,24+/m0/s1. The summed E-state index contributed by atoms with van der Waals surface area (Å²) in [6, 6.07) is 16.6. The van der Waals surface area contributed by atoms with Crippen molar-refractivity contribution in [3.05, 3.63) is 81.6 Å². The first-order valence-corrected chi connectivity index (χ1v) is 12.1. The first-order chi connectivity index (χ1) is 15.6. The van der Waals surface area contributed by atoms with Gasteiger partial charge in [0.05, 0.1) is 18.1 Å². The highest BCUT2D eigenvalue weighted by Crippen LogP contribution is 2.49. The first-order valence-electron chi connectivity index (χ1n) is 11.0. The van der Waals surface area contributed by atoms with E-state index in [2.05, 4.69) is 87.0 Å². The third-order valence-corrected chi connectivity index (χ3v) is 7.85. The molecule has 2 heterocycles. The van der Waals surface area contributed by atoms with Crippen LogP contribution in [0.4, 0.5) is 0 Å². The molecule has 2 amide bonds. The quantitative estimate of drug-likeness (QED) is 0.208. The summed E-state index contributed by atoms with van der Waals surface area (Å²) in [5.74, 6) is -0.387. The lowest BCUT2D eigenvalue weighted by Crippen LogP contribution is -2.38. The van der Waals surface area contributed by atoms with Crippen LogP contribution in [0.5, 0.6) is 0 Å². The van der Waals surface area contributed by atoms with Crippen molar-refractivity contribution in [2.45, 2.75) is 19.4 Å². The summed E-state index contributed by atoms with van der Waals surface area (Å²) in [5, 5.41) is 6.62. The molecule has 6 heteroatoms. The van der Waals surface area contributed by atoms with Crippen LogP contribution < -0.4 is 0 Å². The van der Waals surface area contributed by atoms with Crippen LogP contribution in [-0.4, -0.2) is 27.6 Å². The average molecular weight is 535 g/mol. The number of halogens is 1. The fraction of sp³-hybridized carbons (Fsp3) is 0.269. The monoisotopic (exact) mass is 535 g/mol. The number of carbonyl (C=O) groups is 2. The molecule has 2 aromatic carbocycles. The molecule has 7 rings (SSSR count). The Balaban J connectivity index is 1.32. The van der Waals surface area contributed by atoms with Crippen LogP contribution in [0.25, 0.3) is 10.9 Å². The van der Waals surface area contributed by atoms with Crippen LogP contribution >= 0.6 is 22.6 Å². The number of hydrogen-bond donors (Lipinski definition) is 0. The van der Waals surface area contributed by atoms with E-state index in [0.717, 1.165) is 40.9 Å². The Morgan fingerprint density at radius 2 is 1.59 bits per heavy atom. The molecule has 2 fully saturated rings. The van der Waals surface area contributed by atoms with Crippen LogP contribution in [0.15, 0.2) is 72.0 Å². The molecule has 0 unspecified atom stereocenters. The van der Waals surface area contributed by atoms with E-state index in [9.17, 15) is 9.59 Å². The molecule has 3 aromatic rings. The summed E-state index contributed by atoms with van der Waals surface area (Å²) >= 11 is 2.31. The number of aromatic nitrogens is 1. The van der Waals surface area contributed by atoms with Gasteiger partial charge in [-0.1, -0.05) is 42.5 Å². The van der Waals surface area contributed by atoms with E-state index in [1.54, 1.807) is 6.21 Å². The third kappa shape index (κ3) is 3.15. The van der Waals surface area contributed by atoms with Crippen LogP contribution in [0, 0.1) is 27.2 Å². The number of benzene rings is 2. The van der Waals surface area contributed by atoms with E-state index in [1.165, 1.54) is 9.13 Å². The average Bonchev–Trinajstić information content (AvgIpc) is 3.31. The summed E-state index contributed by atoms with van der Waals surface area (Å²) in [7, 11) is 0. The Morgan fingerprint density at radius 1 is 0.938 bits per heavy atom. The van der Waals surface area contributed by atoms with Crippen LogP contribution in [-0.2, 0) is 16.1 Å². The Bertz CT molecular complexity index is 1260. The smallest absolute Gasteiger partial charge is 0.254 e. The molecular formula is C26H22IN3O2. The Labute approximate surface area is 199 Å². The van der Waals surface area contributed by atoms with Crippen molar-refractivity contribution in [2.75, 3.05) is 0 Å². The van der Waals surface area contributed by atoms with Crippen molar-refractivity contribution in [3.63, 3.8) is 0 Å². The number of allylic oxidation sites excluding steroid dienone is 2. The molecule has 1 aromatic heterocycles. The zero-order valence-corrected chi connectivity index (χ0v) is 19.6. The van der Waals surface area contributed by atoms with Crippen LogP contribution in [0.2, 0.25) is 0 Å². The van der Waals surface area contributed by atoms with Crippen molar-refractivity contribution in [3.8, 4) is 0 Å². The first kappa shape index (κ1) is 19.9. The summed E-state index contributed by atoms with van der Waals surface area (Å²) in [6.07, 6.45) is 9.97. The minimum Gasteiger partial charge on any atom is -0.342 e. The topological polar surface area (TPSA) is 54.7 Å². The summed E-state index contributed by atoms with van der Waals surface area (Å²) in [5.41, 5.74) is 3.22. The van der Waals surface area contributed by atoms with Crippen LogP contribution in [0.3, 0.4) is 0 Å². The lowest BCUT2D eigenvalue weighted by molar-refractivity contribution is -0.140. The minimum absolute atomic E-state index is 0.141. The molecular weight excluding hydrogens is 513 g/mol. The van der Waals surface area contributed by atoms with E-state index in [-0.39, 0.29) is 35.5 Å². The normalized spacial score (nSPS) is 26.6. The summed E-state index contributed by atoms with van der Waals surface area (Å²) < 4.78 is 3.40. The predicted molar refractivity (Wildman–Crippen MR) is 132 cm³/mol. The molecule has 0 radical (unpaired) electrons. The zero-order valence-electron chi connectivity index (χ0n) is 17.4. The van der Waals surface area contributed by atoms with Gasteiger partial charge in [0.2, 0.25) is 0 Å². The van der Waals surface area contributed by atoms with E-state index in [4.69, 9.17) is 0 Å². The Morgan fingerprint density at radius 3 is 2.25 bits per heavy atom. The van der Waals surface area contributed by atoms with E-state index < -0.39 is 0 Å². The van der Waals surface area contributed by atoms with Gasteiger partial charge in [-0.25, -0.2) is 0 Å². The molecule has 1 aliphatic heterocycles. The second kappa shape index (κ2) is 7.69. The molecule has 160 valence electrons. The lowest BCUT2D eigenvalue weighted by Gasteiger charge is -2.37. The van der Waals surface area contributed by atoms with Crippen molar-refractivity contribution in [1.82, 2.24) is 9.58 Å². The van der Waals surface area contributed by atoms with Gasteiger partial charge < -0.3 is 4.57 Å². The number of hydrogen-bond acceptors (Lipinski definition) is 3. The van der Waals surface area contributed by atoms with Gasteiger partial charge in [0.1, 0.15) is 0 Å². The van der Waals surface area contributed by atoms with Crippen LogP contribution in [0.1, 0.15) is 24.0 Å². The summed E-state index contributed by atoms with van der Waals surface area (Å²) in [4.78, 5) is 26.1. The van der Waals surface area contributed by atoms with Gasteiger partial charge in [-0.2, -0.15) is 10.1 Å². The Hall–Kier alpha value is -2.74. The van der Waals surface area contributed by atoms with E-state index in [1.807, 2.05) is 12.1 Å². The largest absolute Gasteiger partial charge is 0.342 e. The molecule has 4 atom stereocenters. The number of carbonyl (C=O) groups excluding carboxylic acids is 2. The van der Waals surface area contributed by atoms with Gasteiger partial charge in [0.15, 0.2) is 0 Å². The van der Waals surface area contributed by atoms with Gasteiger partial charge >= 0.3 is 0 Å². The number of amides is 2. The van der Waals surface area contributed by atoms with Crippen molar-refractivity contribution in [1.29, 1.82) is 0 Å². The number of para-hydroxylation sites is 1. The van der Waals surface area contributed by atoms with Gasteiger partial charge in [-0.05, 0) is 71.0 Å². The fourth-order valence-corrected chi connectivity index (χ4v) is 5.95. The highest BCUT2D eigenvalue weighted by Gasteiger charge is 2.56. The predicted octanol–water partition coefficient (Wildman–Crippen LogP) is 4.83. The SMILES string of the molecule is O=C1[C@@H]2[C@H](C(=O)N1/N=C\c1cn(Cc3ccc(I)cc3)c3ccccc13)[C@H]1C=C[C@H]2CC1. The Kier molecular flexibility index (Phi) is 4.78. The minimum atomic E-state index is -0.231. The maximum absolute atomic E-state index is 13.1. The van der Waals surface area contributed by atoms with Gasteiger partial charge in [-0.3, -0.25) is 9.59 Å². The van der Waals surface area contributed by atoms with E-state index in [0.29, 0.717) is 0 Å². The number of rotatable bonds is 4. The fourth-order valence-electron chi connectivity index (χ4n) is 5.59. The molecule has 3 aliphatic carbocycles.